The van der Waals surface area contributed by atoms with Crippen molar-refractivity contribution in [2.45, 2.75) is 26.4 Å². The Bertz CT molecular complexity index is 221. The summed E-state index contributed by atoms with van der Waals surface area (Å²) in [7, 11) is 0. The Balaban J connectivity index is 3.86. The molecule has 0 aromatic heterocycles. The quantitative estimate of drug-likeness (QED) is 0.731. The van der Waals surface area contributed by atoms with Gasteiger partial charge in [-0.1, -0.05) is 0 Å². The molecule has 0 atom stereocenters. The molecule has 0 heterocycles. The summed E-state index contributed by atoms with van der Waals surface area (Å²) in [5, 5.41) is 10.9. The number of carbonyl (C=O) groups excluding carboxylic acids is 1. The fourth-order valence-corrected chi connectivity index (χ4v) is 0.629. The molecule has 0 saturated carbocycles. The highest BCUT2D eigenvalue weighted by Gasteiger charge is 2.15. The van der Waals surface area contributed by atoms with Crippen LogP contribution in [-0.4, -0.2) is 30.0 Å². The van der Waals surface area contributed by atoms with Gasteiger partial charge in [0.1, 0.15) is 5.60 Å². The third kappa shape index (κ3) is 6.42. The predicted octanol–water partition coefficient (Wildman–Crippen LogP) is 1.36. The van der Waals surface area contributed by atoms with Gasteiger partial charge in [0.15, 0.2) is 0 Å². The highest BCUT2D eigenvalue weighted by molar-refractivity contribution is 5.68. The number of ether oxygens (including phenoxy) is 1. The molecule has 14 heavy (non-hydrogen) atoms. The largest absolute Gasteiger partial charge is 0.444 e. The lowest BCUT2D eigenvalue weighted by molar-refractivity contribution is 0.0531. The van der Waals surface area contributed by atoms with Gasteiger partial charge in [0.05, 0.1) is 12.9 Å². The van der Waals surface area contributed by atoms with E-state index in [-0.39, 0.29) is 18.4 Å². The van der Waals surface area contributed by atoms with E-state index >= 15 is 0 Å². The first-order chi connectivity index (χ1) is 6.39. The van der Waals surface area contributed by atoms with Gasteiger partial charge in [-0.05, 0) is 20.8 Å². The van der Waals surface area contributed by atoms with Gasteiger partial charge in [-0.3, -0.25) is 0 Å². The second-order valence-corrected chi connectivity index (χ2v) is 3.78. The maximum atomic E-state index is 11.9. The standard InChI is InChI=1S/C9H16FNO3/c1-9(2,3)14-8(13)11-5-7(4-10)6-12/h4,12H,5-6H2,1-3H3,(H,11,13). The maximum Gasteiger partial charge on any atom is 0.407 e. The summed E-state index contributed by atoms with van der Waals surface area (Å²) in [5.41, 5.74) is -0.487. The normalized spacial score (nSPS) is 12.5. The van der Waals surface area contributed by atoms with Crippen LogP contribution in [0.1, 0.15) is 20.8 Å². The average Bonchev–Trinajstić information content (AvgIpc) is 2.03. The Morgan fingerprint density at radius 1 is 1.57 bits per heavy atom. The van der Waals surface area contributed by atoms with E-state index in [0.717, 1.165) is 0 Å². The van der Waals surface area contributed by atoms with Crippen molar-refractivity contribution >= 4 is 6.09 Å². The summed E-state index contributed by atoms with van der Waals surface area (Å²) in [6.45, 7) is 4.70. The van der Waals surface area contributed by atoms with Gasteiger partial charge in [0, 0.05) is 12.1 Å². The van der Waals surface area contributed by atoms with Crippen LogP contribution < -0.4 is 5.32 Å². The number of hydrogen-bond acceptors (Lipinski definition) is 3. The Labute approximate surface area is 82.8 Å². The lowest BCUT2D eigenvalue weighted by Gasteiger charge is -2.19. The number of carbonyl (C=O) groups is 1. The Hall–Kier alpha value is -1.10. The van der Waals surface area contributed by atoms with Crippen LogP contribution in [0.4, 0.5) is 9.18 Å². The van der Waals surface area contributed by atoms with Gasteiger partial charge in [0.25, 0.3) is 0 Å². The van der Waals surface area contributed by atoms with E-state index in [0.29, 0.717) is 0 Å². The van der Waals surface area contributed by atoms with Crippen LogP contribution in [-0.2, 0) is 4.74 Å². The third-order valence-electron chi connectivity index (χ3n) is 1.22. The summed E-state index contributed by atoms with van der Waals surface area (Å²) >= 11 is 0. The minimum Gasteiger partial charge on any atom is -0.444 e. The lowest BCUT2D eigenvalue weighted by atomic mass is 10.2. The summed E-state index contributed by atoms with van der Waals surface area (Å²) in [6.07, 6.45) is -0.373. The molecule has 5 heteroatoms. The van der Waals surface area contributed by atoms with E-state index in [4.69, 9.17) is 9.84 Å². The van der Waals surface area contributed by atoms with Gasteiger partial charge in [-0.2, -0.15) is 0 Å². The Morgan fingerprint density at radius 3 is 2.50 bits per heavy atom. The molecule has 0 spiro atoms. The maximum absolute atomic E-state index is 11.9. The van der Waals surface area contributed by atoms with Gasteiger partial charge < -0.3 is 15.2 Å². The molecule has 0 saturated heterocycles. The van der Waals surface area contributed by atoms with E-state index < -0.39 is 18.3 Å². The molecule has 0 aromatic rings. The summed E-state index contributed by atoms with van der Waals surface area (Å²) in [4.78, 5) is 11.0. The molecule has 1 amide bonds. The smallest absolute Gasteiger partial charge is 0.407 e. The topological polar surface area (TPSA) is 58.6 Å². The van der Waals surface area contributed by atoms with Gasteiger partial charge in [-0.25, -0.2) is 9.18 Å². The second kappa shape index (κ2) is 5.59. The van der Waals surface area contributed by atoms with E-state index in [1.165, 1.54) is 0 Å². The number of halogens is 1. The van der Waals surface area contributed by atoms with Crippen molar-refractivity contribution in [3.63, 3.8) is 0 Å². The fourth-order valence-electron chi connectivity index (χ4n) is 0.629. The molecule has 0 rings (SSSR count). The third-order valence-corrected chi connectivity index (χ3v) is 1.22. The summed E-state index contributed by atoms with van der Waals surface area (Å²) in [6, 6.07) is 0. The van der Waals surface area contributed by atoms with Crippen molar-refractivity contribution < 1.29 is 19.0 Å². The summed E-state index contributed by atoms with van der Waals surface area (Å²) in [5.74, 6) is 0. The first kappa shape index (κ1) is 12.9. The van der Waals surface area contributed by atoms with Crippen molar-refractivity contribution in [3.05, 3.63) is 11.9 Å². The molecular weight excluding hydrogens is 189 g/mol. The monoisotopic (exact) mass is 205 g/mol. The lowest BCUT2D eigenvalue weighted by Crippen LogP contribution is -2.33. The van der Waals surface area contributed by atoms with Crippen molar-refractivity contribution in [1.82, 2.24) is 5.32 Å². The van der Waals surface area contributed by atoms with Crippen LogP contribution in [0.15, 0.2) is 11.9 Å². The minimum atomic E-state index is -0.634. The van der Waals surface area contributed by atoms with Gasteiger partial charge in [-0.15, -0.1) is 0 Å². The molecular formula is C9H16FNO3. The zero-order valence-electron chi connectivity index (χ0n) is 8.63. The van der Waals surface area contributed by atoms with Crippen LogP contribution in [0.25, 0.3) is 0 Å². The number of aliphatic hydroxyl groups excluding tert-OH is 1. The average molecular weight is 205 g/mol. The molecule has 0 aliphatic heterocycles. The molecule has 0 aliphatic carbocycles. The van der Waals surface area contributed by atoms with Gasteiger partial charge >= 0.3 is 6.09 Å². The van der Waals surface area contributed by atoms with E-state index in [1.807, 2.05) is 0 Å². The molecule has 0 bridgehead atoms. The SMILES string of the molecule is CC(C)(C)OC(=O)NCC(=CF)CO. The first-order valence-corrected chi connectivity index (χ1v) is 4.25. The molecule has 0 radical (unpaired) electrons. The van der Waals surface area contributed by atoms with E-state index in [2.05, 4.69) is 5.32 Å². The van der Waals surface area contributed by atoms with E-state index in [1.54, 1.807) is 20.8 Å². The number of aliphatic hydroxyl groups is 1. The molecule has 0 aliphatic rings. The highest BCUT2D eigenvalue weighted by atomic mass is 19.1. The van der Waals surface area contributed by atoms with Crippen molar-refractivity contribution in [1.29, 1.82) is 0 Å². The molecule has 0 unspecified atom stereocenters. The number of alkyl carbamates (subject to hydrolysis) is 1. The van der Waals surface area contributed by atoms with Gasteiger partial charge in [0.2, 0.25) is 0 Å². The van der Waals surface area contributed by atoms with E-state index in [9.17, 15) is 9.18 Å². The van der Waals surface area contributed by atoms with Crippen LogP contribution >= 0.6 is 0 Å². The number of amides is 1. The molecule has 82 valence electrons. The number of rotatable bonds is 3. The second-order valence-electron chi connectivity index (χ2n) is 3.78. The zero-order chi connectivity index (χ0) is 11.2. The predicted molar refractivity (Wildman–Crippen MR) is 50.5 cm³/mol. The van der Waals surface area contributed by atoms with Crippen molar-refractivity contribution in [2.24, 2.45) is 0 Å². The van der Waals surface area contributed by atoms with Crippen LogP contribution in [0, 0.1) is 0 Å². The number of nitrogens with one attached hydrogen (secondary N) is 1. The van der Waals surface area contributed by atoms with Crippen molar-refractivity contribution in [3.8, 4) is 0 Å². The minimum absolute atomic E-state index is 0.0537. The van der Waals surface area contributed by atoms with Crippen molar-refractivity contribution in [2.75, 3.05) is 13.2 Å². The molecule has 4 nitrogen and oxygen atoms in total. The van der Waals surface area contributed by atoms with Crippen LogP contribution in [0.2, 0.25) is 0 Å². The molecule has 0 fully saturated rings. The summed E-state index contributed by atoms with van der Waals surface area (Å²) < 4.78 is 16.8. The Kier molecular flexibility index (Phi) is 5.15. The van der Waals surface area contributed by atoms with Crippen LogP contribution in [0.3, 0.4) is 0 Å². The molecule has 0 aromatic carbocycles. The number of hydrogen-bond donors (Lipinski definition) is 2. The first-order valence-electron chi connectivity index (χ1n) is 4.25. The van der Waals surface area contributed by atoms with Crippen LogP contribution in [0.5, 0.6) is 0 Å². The Morgan fingerprint density at radius 2 is 2.14 bits per heavy atom. The highest BCUT2D eigenvalue weighted by Crippen LogP contribution is 2.06. The zero-order valence-corrected chi connectivity index (χ0v) is 8.63. The fraction of sp³-hybridized carbons (Fsp3) is 0.667. The molecule has 2 N–H and O–H groups in total.